The normalized spacial score (nSPS) is 10.7. The van der Waals surface area contributed by atoms with Gasteiger partial charge < -0.3 is 15.2 Å². The molecule has 1 aromatic heterocycles. The van der Waals surface area contributed by atoms with Crippen LogP contribution in [0.25, 0.3) is 0 Å². The molecule has 0 fully saturated rings. The molecule has 18 heavy (non-hydrogen) atoms. The van der Waals surface area contributed by atoms with Crippen LogP contribution < -0.4 is 15.2 Å². The second kappa shape index (κ2) is 5.00. The van der Waals surface area contributed by atoms with E-state index < -0.39 is 0 Å². The summed E-state index contributed by atoms with van der Waals surface area (Å²) in [6.45, 7) is 4.08. The predicted octanol–water partition coefficient (Wildman–Crippen LogP) is 2.85. The molecule has 0 aliphatic rings. The van der Waals surface area contributed by atoms with Crippen LogP contribution in [-0.2, 0) is 0 Å². The first-order chi connectivity index (χ1) is 8.61. The molecule has 1 aromatic carbocycles. The highest BCUT2D eigenvalue weighted by Gasteiger charge is 2.13. The van der Waals surface area contributed by atoms with Gasteiger partial charge in [-0.25, -0.2) is 0 Å². The molecular formula is C13H17N3O2. The highest BCUT2D eigenvalue weighted by atomic mass is 16.5. The van der Waals surface area contributed by atoms with Crippen molar-refractivity contribution in [1.29, 1.82) is 0 Å². The Balaban J connectivity index is 2.33. The molecule has 0 amide bonds. The number of nitrogen functional groups attached to an aromatic ring is 1. The Morgan fingerprint density at radius 1 is 1.22 bits per heavy atom. The lowest BCUT2D eigenvalue weighted by molar-refractivity contribution is 0.352. The van der Waals surface area contributed by atoms with Crippen molar-refractivity contribution in [3.63, 3.8) is 0 Å². The van der Waals surface area contributed by atoms with Gasteiger partial charge in [0, 0.05) is 6.04 Å². The number of methoxy groups -OCH3 is 1. The van der Waals surface area contributed by atoms with E-state index in [1.54, 1.807) is 13.3 Å². The number of aromatic nitrogens is 2. The van der Waals surface area contributed by atoms with Crippen LogP contribution in [-0.4, -0.2) is 16.7 Å². The van der Waals surface area contributed by atoms with Crippen LogP contribution in [0.2, 0.25) is 0 Å². The molecule has 96 valence electrons. The van der Waals surface area contributed by atoms with Gasteiger partial charge in [0.1, 0.15) is 5.82 Å². The molecule has 5 heteroatoms. The Hall–Kier alpha value is -2.17. The van der Waals surface area contributed by atoms with Crippen LogP contribution in [0, 0.1) is 0 Å². The average Bonchev–Trinajstić information content (AvgIpc) is 2.71. The Bertz CT molecular complexity index is 535. The predicted molar refractivity (Wildman–Crippen MR) is 70.1 cm³/mol. The van der Waals surface area contributed by atoms with Gasteiger partial charge in [0.15, 0.2) is 11.5 Å². The first-order valence-electron chi connectivity index (χ1n) is 5.77. The number of benzene rings is 1. The minimum Gasteiger partial charge on any atom is -0.493 e. The number of para-hydroxylation sites is 2. The quantitative estimate of drug-likeness (QED) is 0.902. The molecule has 0 aliphatic carbocycles. The van der Waals surface area contributed by atoms with Crippen LogP contribution in [0.4, 0.5) is 5.82 Å². The lowest BCUT2D eigenvalue weighted by Gasteiger charge is -2.13. The number of rotatable bonds is 4. The van der Waals surface area contributed by atoms with E-state index in [1.165, 1.54) is 0 Å². The molecule has 0 unspecified atom stereocenters. The Kier molecular flexibility index (Phi) is 3.41. The largest absolute Gasteiger partial charge is 0.493 e. The maximum absolute atomic E-state index is 5.76. The number of anilines is 1. The SMILES string of the molecule is COc1ccccc1Oc1nc(N)cn1C(C)C. The molecule has 0 radical (unpaired) electrons. The van der Waals surface area contributed by atoms with Crippen molar-refractivity contribution in [3.8, 4) is 17.5 Å². The zero-order valence-corrected chi connectivity index (χ0v) is 10.8. The smallest absolute Gasteiger partial charge is 0.304 e. The lowest BCUT2D eigenvalue weighted by atomic mass is 10.3. The second-order valence-corrected chi connectivity index (χ2v) is 4.20. The molecule has 0 bridgehead atoms. The summed E-state index contributed by atoms with van der Waals surface area (Å²) >= 11 is 0. The topological polar surface area (TPSA) is 62.3 Å². The number of ether oxygens (including phenoxy) is 2. The first kappa shape index (κ1) is 12.3. The molecule has 0 aliphatic heterocycles. The van der Waals surface area contributed by atoms with Crippen LogP contribution in [0.3, 0.4) is 0 Å². The highest BCUT2D eigenvalue weighted by molar-refractivity contribution is 5.41. The number of nitrogens with zero attached hydrogens (tertiary/aromatic N) is 2. The van der Waals surface area contributed by atoms with E-state index in [0.717, 1.165) is 0 Å². The van der Waals surface area contributed by atoms with Crippen molar-refractivity contribution in [2.24, 2.45) is 0 Å². The van der Waals surface area contributed by atoms with E-state index in [2.05, 4.69) is 4.98 Å². The van der Waals surface area contributed by atoms with Gasteiger partial charge in [-0.2, -0.15) is 4.98 Å². The summed E-state index contributed by atoms with van der Waals surface area (Å²) in [7, 11) is 1.60. The summed E-state index contributed by atoms with van der Waals surface area (Å²) in [5.74, 6) is 1.72. The Labute approximate surface area is 106 Å². The van der Waals surface area contributed by atoms with E-state index in [1.807, 2.05) is 42.7 Å². The van der Waals surface area contributed by atoms with Crippen molar-refractivity contribution in [2.75, 3.05) is 12.8 Å². The second-order valence-electron chi connectivity index (χ2n) is 4.20. The summed E-state index contributed by atoms with van der Waals surface area (Å²) in [6.07, 6.45) is 1.76. The van der Waals surface area contributed by atoms with Gasteiger partial charge in [-0.1, -0.05) is 12.1 Å². The summed E-state index contributed by atoms with van der Waals surface area (Å²) in [4.78, 5) is 4.17. The molecule has 0 atom stereocenters. The third-order valence-electron chi connectivity index (χ3n) is 2.54. The fraction of sp³-hybridized carbons (Fsp3) is 0.308. The molecule has 0 spiro atoms. The molecular weight excluding hydrogens is 230 g/mol. The zero-order valence-electron chi connectivity index (χ0n) is 10.8. The fourth-order valence-corrected chi connectivity index (χ4v) is 1.64. The molecule has 2 N–H and O–H groups in total. The molecule has 1 heterocycles. The van der Waals surface area contributed by atoms with Gasteiger partial charge in [0.25, 0.3) is 0 Å². The Morgan fingerprint density at radius 3 is 2.50 bits per heavy atom. The van der Waals surface area contributed by atoms with Crippen LogP contribution in [0.1, 0.15) is 19.9 Å². The van der Waals surface area contributed by atoms with Crippen molar-refractivity contribution in [2.45, 2.75) is 19.9 Å². The van der Waals surface area contributed by atoms with Gasteiger partial charge in [-0.15, -0.1) is 0 Å². The number of hydrogen-bond acceptors (Lipinski definition) is 4. The standard InChI is InChI=1S/C13H17N3O2/c1-9(2)16-8-12(14)15-13(16)18-11-7-5-4-6-10(11)17-3/h4-9H,14H2,1-3H3. The van der Waals surface area contributed by atoms with Crippen molar-refractivity contribution in [3.05, 3.63) is 30.5 Å². The highest BCUT2D eigenvalue weighted by Crippen LogP contribution is 2.31. The Morgan fingerprint density at radius 2 is 1.89 bits per heavy atom. The number of imidazole rings is 1. The number of nitrogens with two attached hydrogens (primary N) is 1. The lowest BCUT2D eigenvalue weighted by Crippen LogP contribution is -2.02. The van der Waals surface area contributed by atoms with Crippen LogP contribution in [0.15, 0.2) is 30.5 Å². The third kappa shape index (κ3) is 2.40. The van der Waals surface area contributed by atoms with Crippen molar-refractivity contribution >= 4 is 5.82 Å². The van der Waals surface area contributed by atoms with Crippen LogP contribution in [0.5, 0.6) is 17.5 Å². The minimum atomic E-state index is 0.222. The van der Waals surface area contributed by atoms with Gasteiger partial charge in [-0.3, -0.25) is 4.57 Å². The van der Waals surface area contributed by atoms with Gasteiger partial charge in [0.2, 0.25) is 0 Å². The maximum Gasteiger partial charge on any atom is 0.304 e. The zero-order chi connectivity index (χ0) is 13.1. The minimum absolute atomic E-state index is 0.222. The van der Waals surface area contributed by atoms with E-state index in [0.29, 0.717) is 23.3 Å². The fourth-order valence-electron chi connectivity index (χ4n) is 1.64. The molecule has 2 rings (SSSR count). The van der Waals surface area contributed by atoms with Crippen LogP contribution >= 0.6 is 0 Å². The van der Waals surface area contributed by atoms with E-state index in [4.69, 9.17) is 15.2 Å². The molecule has 2 aromatic rings. The third-order valence-corrected chi connectivity index (χ3v) is 2.54. The van der Waals surface area contributed by atoms with Gasteiger partial charge in [-0.05, 0) is 26.0 Å². The summed E-state index contributed by atoms with van der Waals surface area (Å²) in [6, 6.07) is 8.11. The van der Waals surface area contributed by atoms with Crippen molar-refractivity contribution < 1.29 is 9.47 Å². The summed E-state index contributed by atoms with van der Waals surface area (Å²) in [5.41, 5.74) is 5.70. The molecule has 5 nitrogen and oxygen atoms in total. The van der Waals surface area contributed by atoms with E-state index in [9.17, 15) is 0 Å². The average molecular weight is 247 g/mol. The monoisotopic (exact) mass is 247 g/mol. The summed E-state index contributed by atoms with van der Waals surface area (Å²) < 4.78 is 12.9. The van der Waals surface area contributed by atoms with E-state index >= 15 is 0 Å². The van der Waals surface area contributed by atoms with Crippen molar-refractivity contribution in [1.82, 2.24) is 9.55 Å². The molecule has 0 saturated carbocycles. The van der Waals surface area contributed by atoms with Gasteiger partial charge >= 0.3 is 6.01 Å². The maximum atomic E-state index is 5.76. The number of hydrogen-bond donors (Lipinski definition) is 1. The summed E-state index contributed by atoms with van der Waals surface area (Å²) in [5, 5.41) is 0. The van der Waals surface area contributed by atoms with E-state index in [-0.39, 0.29) is 6.04 Å². The van der Waals surface area contributed by atoms with Gasteiger partial charge in [0.05, 0.1) is 13.3 Å². The molecule has 0 saturated heterocycles. The first-order valence-corrected chi connectivity index (χ1v) is 5.77.